The quantitative estimate of drug-likeness (QED) is 0.254. The zero-order chi connectivity index (χ0) is 25.8. The van der Waals surface area contributed by atoms with Crippen molar-refractivity contribution in [2.45, 2.75) is 16.4 Å². The topological polar surface area (TPSA) is 102 Å². The summed E-state index contributed by atoms with van der Waals surface area (Å²) in [6.07, 6.45) is 0. The molecule has 0 aromatic heterocycles. The highest BCUT2D eigenvalue weighted by Gasteiger charge is 2.19. The van der Waals surface area contributed by atoms with Crippen molar-refractivity contribution in [1.29, 1.82) is 0 Å². The number of hydrogen-bond donors (Lipinski definition) is 2. The first-order valence-corrected chi connectivity index (χ1v) is 14.2. The number of benzene rings is 4. The van der Waals surface area contributed by atoms with E-state index in [4.69, 9.17) is 27.9 Å². The predicted molar refractivity (Wildman–Crippen MR) is 142 cm³/mol. The van der Waals surface area contributed by atoms with Gasteiger partial charge in [-0.2, -0.15) is 0 Å². The lowest BCUT2D eigenvalue weighted by molar-refractivity contribution is 0.308. The van der Waals surface area contributed by atoms with Crippen LogP contribution >= 0.6 is 23.2 Å². The second kappa shape index (κ2) is 10.8. The average Bonchev–Trinajstić information content (AvgIpc) is 2.83. The van der Waals surface area contributed by atoms with Gasteiger partial charge in [-0.25, -0.2) is 16.8 Å². The van der Waals surface area contributed by atoms with Gasteiger partial charge in [0, 0.05) is 15.7 Å². The number of hydrogen-bond acceptors (Lipinski definition) is 5. The lowest BCUT2D eigenvalue weighted by atomic mass is 10.2. The van der Waals surface area contributed by atoms with Gasteiger partial charge < -0.3 is 4.74 Å². The second-order valence-electron chi connectivity index (χ2n) is 7.61. The highest BCUT2D eigenvalue weighted by atomic mass is 35.5. The van der Waals surface area contributed by atoms with Crippen molar-refractivity contribution in [2.75, 3.05) is 9.44 Å². The molecule has 0 bridgehead atoms. The molecule has 0 fully saturated rings. The molecule has 0 aliphatic heterocycles. The van der Waals surface area contributed by atoms with Gasteiger partial charge in [0.05, 0.1) is 15.5 Å². The Labute approximate surface area is 219 Å². The normalized spacial score (nSPS) is 11.6. The lowest BCUT2D eigenvalue weighted by Gasteiger charge is -2.14. The van der Waals surface area contributed by atoms with E-state index in [0.717, 1.165) is 5.56 Å². The van der Waals surface area contributed by atoms with Crippen LogP contribution in [0.25, 0.3) is 0 Å². The number of rotatable bonds is 9. The highest BCUT2D eigenvalue weighted by molar-refractivity contribution is 7.93. The molecule has 0 saturated heterocycles. The van der Waals surface area contributed by atoms with E-state index >= 15 is 0 Å². The Balaban J connectivity index is 1.49. The maximum atomic E-state index is 13.0. The van der Waals surface area contributed by atoms with E-state index in [9.17, 15) is 16.8 Å². The van der Waals surface area contributed by atoms with E-state index in [1.807, 2.05) is 30.3 Å². The van der Waals surface area contributed by atoms with Crippen LogP contribution in [0.5, 0.6) is 5.75 Å². The van der Waals surface area contributed by atoms with Gasteiger partial charge >= 0.3 is 0 Å². The molecule has 0 amide bonds. The van der Waals surface area contributed by atoms with Crippen molar-refractivity contribution < 1.29 is 21.6 Å². The molecule has 4 rings (SSSR count). The third-order valence-electron chi connectivity index (χ3n) is 4.93. The zero-order valence-electron chi connectivity index (χ0n) is 18.6. The summed E-state index contributed by atoms with van der Waals surface area (Å²) < 4.78 is 62.0. The molecule has 4 aromatic carbocycles. The van der Waals surface area contributed by atoms with Crippen LogP contribution < -0.4 is 14.2 Å². The molecule has 7 nitrogen and oxygen atoms in total. The molecule has 36 heavy (non-hydrogen) atoms. The average molecular weight is 563 g/mol. The van der Waals surface area contributed by atoms with Crippen LogP contribution in [0.3, 0.4) is 0 Å². The van der Waals surface area contributed by atoms with Gasteiger partial charge in [-0.3, -0.25) is 9.44 Å². The smallest absolute Gasteiger partial charge is 0.262 e. The number of para-hydroxylation sites is 2. The molecule has 0 unspecified atom stereocenters. The van der Waals surface area contributed by atoms with Gasteiger partial charge in [0.25, 0.3) is 20.0 Å². The number of nitrogens with one attached hydrogen (secondary N) is 2. The van der Waals surface area contributed by atoms with E-state index in [1.165, 1.54) is 42.5 Å². The maximum absolute atomic E-state index is 13.0. The van der Waals surface area contributed by atoms with Gasteiger partial charge in [-0.1, -0.05) is 65.7 Å². The summed E-state index contributed by atoms with van der Waals surface area (Å²) in [4.78, 5) is -0.181. The minimum absolute atomic E-state index is 0.0610. The molecule has 186 valence electrons. The largest absolute Gasteiger partial charge is 0.487 e. The fourth-order valence-electron chi connectivity index (χ4n) is 3.22. The van der Waals surface area contributed by atoms with Gasteiger partial charge in [-0.05, 0) is 60.2 Å². The van der Waals surface area contributed by atoms with E-state index in [-0.39, 0.29) is 37.8 Å². The molecule has 0 heterocycles. The SMILES string of the molecule is O=S(=O)(Nc1ccc(S(=O)(=O)Nc2ccccc2OCc2ccccc2)cc1)c1cc(Cl)cc(Cl)c1. The predicted octanol–water partition coefficient (Wildman–Crippen LogP) is 6.17. The third-order valence-corrected chi connectivity index (χ3v) is 8.11. The van der Waals surface area contributed by atoms with Gasteiger partial charge in [0.1, 0.15) is 12.4 Å². The van der Waals surface area contributed by atoms with E-state index < -0.39 is 20.0 Å². The van der Waals surface area contributed by atoms with Crippen LogP contribution in [0.1, 0.15) is 5.56 Å². The standard InChI is InChI=1S/C25H20Cl2N2O5S2/c26-19-14-20(27)16-23(15-19)36(32,33)28-21-10-12-22(13-11-21)35(30,31)29-24-8-4-5-9-25(24)34-17-18-6-2-1-3-7-18/h1-16,28-29H,17H2. The van der Waals surface area contributed by atoms with E-state index in [2.05, 4.69) is 9.44 Å². The molecule has 0 aliphatic rings. The number of sulfonamides is 2. The van der Waals surface area contributed by atoms with Crippen molar-refractivity contribution in [3.8, 4) is 5.75 Å². The zero-order valence-corrected chi connectivity index (χ0v) is 21.7. The second-order valence-corrected chi connectivity index (χ2v) is 11.8. The Morgan fingerprint density at radius 3 is 1.89 bits per heavy atom. The monoisotopic (exact) mass is 562 g/mol. The van der Waals surface area contributed by atoms with E-state index in [0.29, 0.717) is 5.75 Å². The Morgan fingerprint density at radius 2 is 1.22 bits per heavy atom. The van der Waals surface area contributed by atoms with Crippen LogP contribution in [0.15, 0.2) is 107 Å². The Morgan fingerprint density at radius 1 is 0.639 bits per heavy atom. The van der Waals surface area contributed by atoms with Crippen LogP contribution in [0.2, 0.25) is 10.0 Å². The molecular weight excluding hydrogens is 543 g/mol. The Bertz CT molecular complexity index is 1560. The minimum atomic E-state index is -3.99. The molecule has 0 spiro atoms. The molecule has 11 heteroatoms. The summed E-state index contributed by atoms with van der Waals surface area (Å²) in [6.45, 7) is 0.270. The van der Waals surface area contributed by atoms with Crippen molar-refractivity contribution in [3.63, 3.8) is 0 Å². The summed E-state index contributed by atoms with van der Waals surface area (Å²) in [5.41, 5.74) is 1.38. The molecular formula is C25H20Cl2N2O5S2. The number of anilines is 2. The summed E-state index contributed by atoms with van der Waals surface area (Å²) in [5.74, 6) is 0.370. The Hall–Kier alpha value is -3.24. The van der Waals surface area contributed by atoms with Gasteiger partial charge in [0.15, 0.2) is 0 Å². The molecule has 0 saturated carbocycles. The van der Waals surface area contributed by atoms with E-state index in [1.54, 1.807) is 24.3 Å². The highest BCUT2D eigenvalue weighted by Crippen LogP contribution is 2.28. The van der Waals surface area contributed by atoms with Crippen molar-refractivity contribution in [2.24, 2.45) is 0 Å². The summed E-state index contributed by atoms with van der Waals surface area (Å²) in [7, 11) is -7.98. The summed E-state index contributed by atoms with van der Waals surface area (Å²) >= 11 is 11.8. The van der Waals surface area contributed by atoms with Crippen molar-refractivity contribution in [3.05, 3.63) is 113 Å². The number of ether oxygens (including phenoxy) is 1. The minimum Gasteiger partial charge on any atom is -0.487 e. The van der Waals surface area contributed by atoms with Crippen LogP contribution in [0, 0.1) is 0 Å². The van der Waals surface area contributed by atoms with Crippen molar-refractivity contribution in [1.82, 2.24) is 0 Å². The molecule has 0 atom stereocenters. The summed E-state index contributed by atoms with van der Waals surface area (Å²) in [6, 6.07) is 25.4. The van der Waals surface area contributed by atoms with Crippen LogP contribution in [-0.2, 0) is 26.7 Å². The number of halogens is 2. The Kier molecular flexibility index (Phi) is 7.75. The summed E-state index contributed by atoms with van der Waals surface area (Å²) in [5, 5.41) is 0.340. The lowest BCUT2D eigenvalue weighted by Crippen LogP contribution is -2.15. The first-order valence-electron chi connectivity index (χ1n) is 10.5. The fourth-order valence-corrected chi connectivity index (χ4v) is 6.07. The first-order chi connectivity index (χ1) is 17.1. The molecule has 4 aromatic rings. The van der Waals surface area contributed by atoms with Crippen molar-refractivity contribution >= 4 is 54.6 Å². The molecule has 0 radical (unpaired) electrons. The van der Waals surface area contributed by atoms with Gasteiger partial charge in [0.2, 0.25) is 0 Å². The molecule has 0 aliphatic carbocycles. The van der Waals surface area contributed by atoms with Crippen LogP contribution in [-0.4, -0.2) is 16.8 Å². The molecule has 2 N–H and O–H groups in total. The fraction of sp³-hybridized carbons (Fsp3) is 0.0400. The third kappa shape index (κ3) is 6.50. The maximum Gasteiger partial charge on any atom is 0.262 e. The van der Waals surface area contributed by atoms with Gasteiger partial charge in [-0.15, -0.1) is 0 Å². The van der Waals surface area contributed by atoms with Crippen LogP contribution in [0.4, 0.5) is 11.4 Å². The first kappa shape index (κ1) is 25.8.